The van der Waals surface area contributed by atoms with Gasteiger partial charge in [0.05, 0.1) is 0 Å². The zero-order valence-electron chi connectivity index (χ0n) is 13.7. The summed E-state index contributed by atoms with van der Waals surface area (Å²) in [6.07, 6.45) is 1.53. The highest BCUT2D eigenvalue weighted by Crippen LogP contribution is 2.03. The Balaban J connectivity index is 2.41. The molecule has 0 aliphatic heterocycles. The molecular weight excluding hydrogens is 332 g/mol. The van der Waals surface area contributed by atoms with E-state index in [1.165, 1.54) is 18.8 Å². The van der Waals surface area contributed by atoms with Crippen molar-refractivity contribution in [2.75, 3.05) is 25.6 Å². The van der Waals surface area contributed by atoms with Gasteiger partial charge in [-0.2, -0.15) is 11.8 Å². The maximum absolute atomic E-state index is 11.9. The molecule has 0 saturated heterocycles. The SMILES string of the molecule is CSCCC(NC(=O)CN(C)C(=O)OCc1ccccc1)C(=O)O. The van der Waals surface area contributed by atoms with Crippen LogP contribution in [-0.4, -0.2) is 59.6 Å². The molecule has 0 radical (unpaired) electrons. The highest BCUT2D eigenvalue weighted by molar-refractivity contribution is 7.98. The van der Waals surface area contributed by atoms with Crippen LogP contribution >= 0.6 is 11.8 Å². The van der Waals surface area contributed by atoms with Gasteiger partial charge >= 0.3 is 12.1 Å². The van der Waals surface area contributed by atoms with Gasteiger partial charge in [-0.3, -0.25) is 4.79 Å². The number of carbonyl (C=O) groups excluding carboxylic acids is 2. The lowest BCUT2D eigenvalue weighted by atomic mass is 10.2. The van der Waals surface area contributed by atoms with Crippen LogP contribution in [0.25, 0.3) is 0 Å². The number of carboxylic acids is 1. The van der Waals surface area contributed by atoms with Crippen molar-refractivity contribution >= 4 is 29.7 Å². The smallest absolute Gasteiger partial charge is 0.410 e. The van der Waals surface area contributed by atoms with Crippen LogP contribution in [0.2, 0.25) is 0 Å². The number of benzene rings is 1. The molecule has 0 fully saturated rings. The molecule has 1 rings (SSSR count). The van der Waals surface area contributed by atoms with Gasteiger partial charge in [0.1, 0.15) is 19.2 Å². The molecule has 0 spiro atoms. The molecule has 1 atom stereocenters. The molecule has 1 aromatic rings. The van der Waals surface area contributed by atoms with E-state index >= 15 is 0 Å². The standard InChI is InChI=1S/C16H22N2O5S/c1-18(16(22)23-11-12-6-4-3-5-7-12)10-14(19)17-13(15(20)21)8-9-24-2/h3-7,13H,8-11H2,1-2H3,(H,17,19)(H,20,21). The molecule has 8 heteroatoms. The van der Waals surface area contributed by atoms with Crippen molar-refractivity contribution in [3.05, 3.63) is 35.9 Å². The third-order valence-electron chi connectivity index (χ3n) is 3.14. The van der Waals surface area contributed by atoms with E-state index in [0.717, 1.165) is 10.5 Å². The fraction of sp³-hybridized carbons (Fsp3) is 0.438. The maximum atomic E-state index is 11.9. The molecule has 0 heterocycles. The highest BCUT2D eigenvalue weighted by atomic mass is 32.2. The van der Waals surface area contributed by atoms with Crippen LogP contribution in [0, 0.1) is 0 Å². The van der Waals surface area contributed by atoms with E-state index < -0.39 is 24.0 Å². The Labute approximate surface area is 145 Å². The minimum absolute atomic E-state index is 0.108. The Kier molecular flexibility index (Phi) is 8.70. The maximum Gasteiger partial charge on any atom is 0.410 e. The number of carboxylic acid groups (broad SMARTS) is 1. The number of likely N-dealkylation sites (N-methyl/N-ethyl adjacent to an activating group) is 1. The Morgan fingerprint density at radius 3 is 2.54 bits per heavy atom. The molecule has 2 amide bonds. The van der Waals surface area contributed by atoms with Gasteiger partial charge in [0.2, 0.25) is 5.91 Å². The van der Waals surface area contributed by atoms with Crippen LogP contribution in [0.3, 0.4) is 0 Å². The summed E-state index contributed by atoms with van der Waals surface area (Å²) in [5, 5.41) is 11.5. The van der Waals surface area contributed by atoms with E-state index in [2.05, 4.69) is 5.32 Å². The molecule has 7 nitrogen and oxygen atoms in total. The molecule has 132 valence electrons. The van der Waals surface area contributed by atoms with Crippen molar-refractivity contribution in [3.63, 3.8) is 0 Å². The van der Waals surface area contributed by atoms with E-state index in [0.29, 0.717) is 12.2 Å². The van der Waals surface area contributed by atoms with E-state index in [4.69, 9.17) is 9.84 Å². The van der Waals surface area contributed by atoms with Crippen molar-refractivity contribution < 1.29 is 24.2 Å². The quantitative estimate of drug-likeness (QED) is 0.699. The average Bonchev–Trinajstić information content (AvgIpc) is 2.56. The number of aliphatic carboxylic acids is 1. The van der Waals surface area contributed by atoms with Crippen molar-refractivity contribution in [1.82, 2.24) is 10.2 Å². The van der Waals surface area contributed by atoms with Crippen LogP contribution in [0.1, 0.15) is 12.0 Å². The second kappa shape index (κ2) is 10.5. The van der Waals surface area contributed by atoms with E-state index in [1.807, 2.05) is 36.6 Å². The molecule has 0 aliphatic rings. The molecular formula is C16H22N2O5S. The Morgan fingerprint density at radius 1 is 1.29 bits per heavy atom. The van der Waals surface area contributed by atoms with Crippen molar-refractivity contribution in [2.24, 2.45) is 0 Å². The van der Waals surface area contributed by atoms with Gasteiger partial charge in [-0.05, 0) is 24.0 Å². The van der Waals surface area contributed by atoms with Gasteiger partial charge in [-0.15, -0.1) is 0 Å². The van der Waals surface area contributed by atoms with Gasteiger partial charge in [0.25, 0.3) is 0 Å². The Hall–Kier alpha value is -2.22. The van der Waals surface area contributed by atoms with Crippen molar-refractivity contribution in [3.8, 4) is 0 Å². The van der Waals surface area contributed by atoms with Crippen molar-refractivity contribution in [1.29, 1.82) is 0 Å². The predicted octanol–water partition coefficient (Wildman–Crippen LogP) is 1.58. The first-order chi connectivity index (χ1) is 11.4. The summed E-state index contributed by atoms with van der Waals surface area (Å²) in [4.78, 5) is 35.9. The lowest BCUT2D eigenvalue weighted by Gasteiger charge is -2.19. The summed E-state index contributed by atoms with van der Waals surface area (Å²) in [5.74, 6) is -1.01. The average molecular weight is 354 g/mol. The topological polar surface area (TPSA) is 95.9 Å². The predicted molar refractivity (Wildman–Crippen MR) is 91.8 cm³/mol. The number of nitrogens with one attached hydrogen (secondary N) is 1. The largest absolute Gasteiger partial charge is 0.480 e. The van der Waals surface area contributed by atoms with Gasteiger partial charge in [0.15, 0.2) is 0 Å². The molecule has 24 heavy (non-hydrogen) atoms. The summed E-state index contributed by atoms with van der Waals surface area (Å²) >= 11 is 1.50. The van der Waals surface area contributed by atoms with Crippen LogP contribution in [0.4, 0.5) is 4.79 Å². The van der Waals surface area contributed by atoms with Crippen LogP contribution in [-0.2, 0) is 20.9 Å². The number of amides is 2. The molecule has 0 saturated carbocycles. The van der Waals surface area contributed by atoms with E-state index in [9.17, 15) is 14.4 Å². The molecule has 0 aliphatic carbocycles. The normalized spacial score (nSPS) is 11.4. The van der Waals surface area contributed by atoms with Gasteiger partial charge < -0.3 is 20.1 Å². The Morgan fingerprint density at radius 2 is 1.96 bits per heavy atom. The number of hydrogen-bond acceptors (Lipinski definition) is 5. The van der Waals surface area contributed by atoms with Crippen LogP contribution in [0.5, 0.6) is 0 Å². The second-order valence-corrected chi connectivity index (χ2v) is 6.12. The lowest BCUT2D eigenvalue weighted by molar-refractivity contribution is -0.141. The molecule has 2 N–H and O–H groups in total. The summed E-state index contributed by atoms with van der Waals surface area (Å²) in [6, 6.07) is 8.21. The molecule has 1 aromatic carbocycles. The van der Waals surface area contributed by atoms with E-state index in [-0.39, 0.29) is 13.2 Å². The zero-order valence-corrected chi connectivity index (χ0v) is 14.5. The Bertz CT molecular complexity index is 553. The molecule has 1 unspecified atom stereocenters. The third-order valence-corrected chi connectivity index (χ3v) is 3.79. The molecule has 0 aromatic heterocycles. The number of nitrogens with zero attached hydrogens (tertiary/aromatic N) is 1. The highest BCUT2D eigenvalue weighted by Gasteiger charge is 2.21. The van der Waals surface area contributed by atoms with Gasteiger partial charge in [-0.25, -0.2) is 9.59 Å². The third kappa shape index (κ3) is 7.36. The summed E-state index contributed by atoms with van der Waals surface area (Å²) in [7, 11) is 1.42. The second-order valence-electron chi connectivity index (χ2n) is 5.14. The number of carbonyl (C=O) groups is 3. The summed E-state index contributed by atoms with van der Waals surface area (Å²) in [6.45, 7) is -0.159. The first-order valence-electron chi connectivity index (χ1n) is 7.37. The molecule has 0 bridgehead atoms. The first kappa shape index (κ1) is 19.8. The summed E-state index contributed by atoms with van der Waals surface area (Å²) < 4.78 is 5.10. The van der Waals surface area contributed by atoms with Crippen molar-refractivity contribution in [2.45, 2.75) is 19.1 Å². The number of thioether (sulfide) groups is 1. The monoisotopic (exact) mass is 354 g/mol. The van der Waals surface area contributed by atoms with Gasteiger partial charge in [-0.1, -0.05) is 30.3 Å². The van der Waals surface area contributed by atoms with Gasteiger partial charge in [0, 0.05) is 7.05 Å². The first-order valence-corrected chi connectivity index (χ1v) is 8.76. The van der Waals surface area contributed by atoms with E-state index in [1.54, 1.807) is 0 Å². The minimum atomic E-state index is -1.09. The number of rotatable bonds is 9. The van der Waals surface area contributed by atoms with Crippen LogP contribution in [0.15, 0.2) is 30.3 Å². The lowest BCUT2D eigenvalue weighted by Crippen LogP contribution is -2.46. The zero-order chi connectivity index (χ0) is 17.9. The fourth-order valence-electron chi connectivity index (χ4n) is 1.84. The fourth-order valence-corrected chi connectivity index (χ4v) is 2.31. The summed E-state index contributed by atoms with van der Waals surface area (Å²) in [5.41, 5.74) is 0.840. The number of hydrogen-bond donors (Lipinski definition) is 2. The van der Waals surface area contributed by atoms with Crippen LogP contribution < -0.4 is 5.32 Å². The minimum Gasteiger partial charge on any atom is -0.480 e. The number of ether oxygens (including phenoxy) is 1.